The van der Waals surface area contributed by atoms with Crippen molar-refractivity contribution in [3.63, 3.8) is 0 Å². The smallest absolute Gasteiger partial charge is 0.325 e. The third-order valence-corrected chi connectivity index (χ3v) is 5.72. The Labute approximate surface area is 155 Å². The van der Waals surface area contributed by atoms with Crippen molar-refractivity contribution in [1.29, 1.82) is 0 Å². The van der Waals surface area contributed by atoms with Gasteiger partial charge in [0.15, 0.2) is 17.4 Å². The van der Waals surface area contributed by atoms with Crippen molar-refractivity contribution in [2.45, 2.75) is 64.1 Å². The number of fused-ring (bicyclic) bond motifs is 1. The number of imide groups is 1. The molecule has 2 aliphatic heterocycles. The summed E-state index contributed by atoms with van der Waals surface area (Å²) in [4.78, 5) is 32.2. The Hall–Kier alpha value is -1.50. The predicted octanol–water partition coefficient (Wildman–Crippen LogP) is 3.20. The van der Waals surface area contributed by atoms with Gasteiger partial charge in [-0.25, -0.2) is 9.79 Å². The molecule has 2 heterocycles. The molecule has 0 aromatic carbocycles. The lowest BCUT2D eigenvalue weighted by atomic mass is 10.1. The lowest BCUT2D eigenvalue weighted by Gasteiger charge is -2.35. The molecule has 1 N–H and O–H groups in total. The zero-order valence-corrected chi connectivity index (χ0v) is 16.2. The molecule has 2 unspecified atom stereocenters. The summed E-state index contributed by atoms with van der Waals surface area (Å²) in [5, 5.41) is 3.24. The maximum Gasteiger partial charge on any atom is 0.325 e. The van der Waals surface area contributed by atoms with Gasteiger partial charge in [0.25, 0.3) is 5.91 Å². The van der Waals surface area contributed by atoms with Crippen LogP contribution >= 0.6 is 11.8 Å². The number of hydrogen-bond acceptors (Lipinski definition) is 5. The van der Waals surface area contributed by atoms with Gasteiger partial charge in [0.05, 0.1) is 0 Å². The van der Waals surface area contributed by atoms with E-state index in [1.807, 2.05) is 4.90 Å². The average molecular weight is 367 g/mol. The normalized spacial score (nSPS) is 22.7. The van der Waals surface area contributed by atoms with Gasteiger partial charge in [0.1, 0.15) is 0 Å². The molecule has 2 rings (SSSR count). The quantitative estimate of drug-likeness (QED) is 0.476. The molecule has 1 saturated heterocycles. The number of nitrogens with zero attached hydrogens (tertiary/aromatic N) is 3. The number of amidine groups is 1. The zero-order chi connectivity index (χ0) is 18.2. The van der Waals surface area contributed by atoms with E-state index in [4.69, 9.17) is 0 Å². The van der Waals surface area contributed by atoms with Crippen LogP contribution in [0.15, 0.2) is 17.6 Å². The first-order valence-corrected chi connectivity index (χ1v) is 10.2. The molecule has 2 atom stereocenters. The minimum Gasteiger partial charge on any atom is -0.332 e. The molecule has 0 aliphatic carbocycles. The van der Waals surface area contributed by atoms with Crippen LogP contribution in [0, 0.1) is 0 Å². The second kappa shape index (κ2) is 9.85. The van der Waals surface area contributed by atoms with E-state index in [9.17, 15) is 9.59 Å². The molecular formula is C18H30N4O2S. The number of carbonyl (C=O) groups excluding carboxylic acids is 2. The Kier molecular flexibility index (Phi) is 7.81. The first-order chi connectivity index (χ1) is 12.1. The van der Waals surface area contributed by atoms with Crippen LogP contribution in [-0.2, 0) is 4.79 Å². The van der Waals surface area contributed by atoms with Crippen molar-refractivity contribution < 1.29 is 9.59 Å². The van der Waals surface area contributed by atoms with E-state index in [1.165, 1.54) is 43.4 Å². The van der Waals surface area contributed by atoms with Crippen LogP contribution in [0.4, 0.5) is 4.79 Å². The summed E-state index contributed by atoms with van der Waals surface area (Å²) in [5.41, 5.74) is 0. The number of hydrogen-bond donors (Lipinski definition) is 1. The molecule has 0 aromatic heterocycles. The van der Waals surface area contributed by atoms with E-state index < -0.39 is 12.2 Å². The molecule has 25 heavy (non-hydrogen) atoms. The van der Waals surface area contributed by atoms with Crippen LogP contribution in [0.25, 0.3) is 0 Å². The highest BCUT2D eigenvalue weighted by Crippen LogP contribution is 2.28. The van der Waals surface area contributed by atoms with E-state index in [0.29, 0.717) is 6.54 Å². The second-order valence-electron chi connectivity index (χ2n) is 6.59. The monoisotopic (exact) mass is 366 g/mol. The molecule has 0 aromatic rings. The largest absolute Gasteiger partial charge is 0.332 e. The van der Waals surface area contributed by atoms with Gasteiger partial charge < -0.3 is 9.80 Å². The van der Waals surface area contributed by atoms with E-state index in [2.05, 4.69) is 23.8 Å². The molecule has 140 valence electrons. The van der Waals surface area contributed by atoms with E-state index in [0.717, 1.165) is 17.3 Å². The Morgan fingerprint density at radius 1 is 1.20 bits per heavy atom. The Balaban J connectivity index is 1.84. The summed E-state index contributed by atoms with van der Waals surface area (Å²) >= 11 is 1.68. The fourth-order valence-electron chi connectivity index (χ4n) is 3.17. The first-order valence-electron chi connectivity index (χ1n) is 9.26. The summed E-state index contributed by atoms with van der Waals surface area (Å²) in [5.74, 6) is 0.712. The molecule has 6 nitrogen and oxygen atoms in total. The second-order valence-corrected chi connectivity index (χ2v) is 7.65. The van der Waals surface area contributed by atoms with Crippen molar-refractivity contribution in [1.82, 2.24) is 15.1 Å². The van der Waals surface area contributed by atoms with Gasteiger partial charge in [0.2, 0.25) is 0 Å². The van der Waals surface area contributed by atoms with Gasteiger partial charge >= 0.3 is 6.03 Å². The molecule has 7 heteroatoms. The van der Waals surface area contributed by atoms with Crippen molar-refractivity contribution >= 4 is 28.9 Å². The zero-order valence-electron chi connectivity index (χ0n) is 15.4. The molecule has 1 fully saturated rings. The summed E-state index contributed by atoms with van der Waals surface area (Å²) < 4.78 is 0. The molecule has 0 spiro atoms. The standard InChI is InChI=1S/C18H30N4O2S/c1-4-6-7-8-9-10-11-13-25-18-19-15-14(22(18)12-5-2)16(23)20-17(24)21(15)3/h5,14-15H,2,4,6-13H2,1,3H3,(H,20,23,24). The van der Waals surface area contributed by atoms with Gasteiger partial charge in [-0.3, -0.25) is 10.1 Å². The number of likely N-dealkylation sites (N-methyl/N-ethyl adjacent to an activating group) is 1. The number of amides is 3. The molecular weight excluding hydrogens is 336 g/mol. The van der Waals surface area contributed by atoms with Crippen LogP contribution < -0.4 is 5.32 Å². The van der Waals surface area contributed by atoms with Crippen LogP contribution in [-0.4, -0.2) is 58.5 Å². The predicted molar refractivity (Wildman–Crippen MR) is 104 cm³/mol. The van der Waals surface area contributed by atoms with Gasteiger partial charge in [-0.2, -0.15) is 0 Å². The van der Waals surface area contributed by atoms with Crippen LogP contribution in [0.3, 0.4) is 0 Å². The minimum atomic E-state index is -0.447. The van der Waals surface area contributed by atoms with Gasteiger partial charge in [0, 0.05) is 19.3 Å². The Bertz CT molecular complexity index is 523. The van der Waals surface area contributed by atoms with Crippen LogP contribution in [0.1, 0.15) is 51.9 Å². The Morgan fingerprint density at radius 3 is 2.56 bits per heavy atom. The number of carbonyl (C=O) groups is 2. The SMILES string of the molecule is C=CCN1C(SCCCCCCCCC)=NC2C1C(=O)NC(=O)N2C. The fourth-order valence-corrected chi connectivity index (χ4v) is 4.24. The topological polar surface area (TPSA) is 65.0 Å². The summed E-state index contributed by atoms with van der Waals surface area (Å²) in [7, 11) is 1.68. The number of urea groups is 1. The van der Waals surface area contributed by atoms with Gasteiger partial charge in [-0.05, 0) is 6.42 Å². The minimum absolute atomic E-state index is 0.273. The maximum atomic E-state index is 12.2. The number of rotatable bonds is 10. The fraction of sp³-hybridized carbons (Fsp3) is 0.722. The summed E-state index contributed by atoms with van der Waals surface area (Å²) in [6, 6.07) is -0.830. The third kappa shape index (κ3) is 5.00. The highest BCUT2D eigenvalue weighted by Gasteiger charge is 2.48. The number of nitrogens with one attached hydrogen (secondary N) is 1. The van der Waals surface area contributed by atoms with Crippen LogP contribution in [0.5, 0.6) is 0 Å². The van der Waals surface area contributed by atoms with E-state index in [1.54, 1.807) is 24.9 Å². The number of unbranched alkanes of at least 4 members (excludes halogenated alkanes) is 6. The third-order valence-electron chi connectivity index (χ3n) is 4.63. The van der Waals surface area contributed by atoms with Gasteiger partial charge in [-0.15, -0.1) is 6.58 Å². The highest BCUT2D eigenvalue weighted by molar-refractivity contribution is 8.13. The average Bonchev–Trinajstić information content (AvgIpc) is 2.95. The molecule has 0 radical (unpaired) electrons. The van der Waals surface area contributed by atoms with Crippen LogP contribution in [0.2, 0.25) is 0 Å². The lowest BCUT2D eigenvalue weighted by molar-refractivity contribution is -0.126. The van der Waals surface area contributed by atoms with Crippen molar-refractivity contribution in [2.24, 2.45) is 4.99 Å². The molecule has 2 aliphatic rings. The van der Waals surface area contributed by atoms with E-state index >= 15 is 0 Å². The molecule has 3 amide bonds. The van der Waals surface area contributed by atoms with Crippen molar-refractivity contribution in [2.75, 3.05) is 19.3 Å². The van der Waals surface area contributed by atoms with Crippen molar-refractivity contribution in [3.05, 3.63) is 12.7 Å². The number of thioether (sulfide) groups is 1. The Morgan fingerprint density at radius 2 is 1.88 bits per heavy atom. The number of aliphatic imine (C=N–C) groups is 1. The highest BCUT2D eigenvalue weighted by atomic mass is 32.2. The molecule has 0 bridgehead atoms. The summed E-state index contributed by atoms with van der Waals surface area (Å²) in [6.07, 6.45) is 10.3. The summed E-state index contributed by atoms with van der Waals surface area (Å²) in [6.45, 7) is 6.57. The van der Waals surface area contributed by atoms with Gasteiger partial charge in [-0.1, -0.05) is 63.3 Å². The maximum absolute atomic E-state index is 12.2. The van der Waals surface area contributed by atoms with Crippen molar-refractivity contribution in [3.8, 4) is 0 Å². The first kappa shape index (κ1) is 19.8. The van der Waals surface area contributed by atoms with E-state index in [-0.39, 0.29) is 11.9 Å². The lowest BCUT2D eigenvalue weighted by Crippen LogP contribution is -2.63. The molecule has 0 saturated carbocycles.